The molecule has 0 aromatic heterocycles. The molecule has 1 nitrogen and oxygen atoms in total. The molecule has 0 aliphatic carbocycles. The Balaban J connectivity index is 2.39. The standard InChI is InChI=1S/C16H24O/c1-4-16(17,5-2)14(3)10-9-13-15-11-7-6-8-12-15/h4,6-8,11-12,14,17H,1,5,9-10,13H2,2-3H3. The first-order chi connectivity index (χ1) is 8.12. The summed E-state index contributed by atoms with van der Waals surface area (Å²) < 4.78 is 0. The van der Waals surface area contributed by atoms with E-state index < -0.39 is 5.60 Å². The van der Waals surface area contributed by atoms with Crippen molar-refractivity contribution in [3.8, 4) is 0 Å². The van der Waals surface area contributed by atoms with Crippen LogP contribution in [0.4, 0.5) is 0 Å². The summed E-state index contributed by atoms with van der Waals surface area (Å²) >= 11 is 0. The molecular weight excluding hydrogens is 208 g/mol. The molecule has 1 rings (SSSR count). The molecule has 0 aliphatic rings. The highest BCUT2D eigenvalue weighted by Gasteiger charge is 2.27. The van der Waals surface area contributed by atoms with Crippen LogP contribution >= 0.6 is 0 Å². The fraction of sp³-hybridized carbons (Fsp3) is 0.500. The topological polar surface area (TPSA) is 20.2 Å². The lowest BCUT2D eigenvalue weighted by atomic mass is 9.83. The highest BCUT2D eigenvalue weighted by atomic mass is 16.3. The van der Waals surface area contributed by atoms with Crippen molar-refractivity contribution in [1.29, 1.82) is 0 Å². The third kappa shape index (κ3) is 4.01. The lowest BCUT2D eigenvalue weighted by Crippen LogP contribution is -2.33. The largest absolute Gasteiger partial charge is 0.386 e. The zero-order valence-corrected chi connectivity index (χ0v) is 11.0. The summed E-state index contributed by atoms with van der Waals surface area (Å²) in [6.07, 6.45) is 5.66. The molecule has 94 valence electrons. The van der Waals surface area contributed by atoms with Gasteiger partial charge < -0.3 is 5.11 Å². The number of aliphatic hydroxyl groups is 1. The Morgan fingerprint density at radius 1 is 1.35 bits per heavy atom. The Kier molecular flexibility index (Phi) is 5.43. The van der Waals surface area contributed by atoms with Gasteiger partial charge in [-0.15, -0.1) is 6.58 Å². The molecule has 1 aromatic rings. The van der Waals surface area contributed by atoms with E-state index in [0.29, 0.717) is 0 Å². The third-order valence-corrected chi connectivity index (χ3v) is 3.72. The Morgan fingerprint density at radius 3 is 2.53 bits per heavy atom. The summed E-state index contributed by atoms with van der Waals surface area (Å²) in [6, 6.07) is 10.5. The molecular formula is C16H24O. The minimum absolute atomic E-state index is 0.272. The van der Waals surface area contributed by atoms with Crippen LogP contribution in [0.15, 0.2) is 43.0 Å². The molecule has 1 aromatic carbocycles. The molecule has 1 heteroatoms. The highest BCUT2D eigenvalue weighted by molar-refractivity contribution is 5.14. The monoisotopic (exact) mass is 232 g/mol. The van der Waals surface area contributed by atoms with Crippen LogP contribution in [0.1, 0.15) is 38.7 Å². The van der Waals surface area contributed by atoms with Gasteiger partial charge in [0.1, 0.15) is 0 Å². The van der Waals surface area contributed by atoms with Gasteiger partial charge in [0.2, 0.25) is 0 Å². The number of rotatable bonds is 7. The fourth-order valence-electron chi connectivity index (χ4n) is 2.20. The Labute approximate surface area is 105 Å². The molecule has 0 amide bonds. The Bertz CT molecular complexity index is 331. The first kappa shape index (κ1) is 14.0. The van der Waals surface area contributed by atoms with E-state index in [1.54, 1.807) is 6.08 Å². The summed E-state index contributed by atoms with van der Waals surface area (Å²) in [4.78, 5) is 0. The van der Waals surface area contributed by atoms with E-state index >= 15 is 0 Å². The molecule has 0 aliphatic heterocycles. The van der Waals surface area contributed by atoms with Crippen molar-refractivity contribution in [2.75, 3.05) is 0 Å². The SMILES string of the molecule is C=CC(O)(CC)C(C)CCCc1ccccc1. The average molecular weight is 232 g/mol. The van der Waals surface area contributed by atoms with Crippen LogP contribution in [0.2, 0.25) is 0 Å². The zero-order valence-electron chi connectivity index (χ0n) is 11.0. The van der Waals surface area contributed by atoms with Gasteiger partial charge in [0.05, 0.1) is 5.60 Å². The van der Waals surface area contributed by atoms with Crippen molar-refractivity contribution in [2.24, 2.45) is 5.92 Å². The minimum Gasteiger partial charge on any atom is -0.386 e. The maximum absolute atomic E-state index is 10.3. The molecule has 0 saturated carbocycles. The second-order valence-corrected chi connectivity index (χ2v) is 4.83. The molecule has 0 heterocycles. The first-order valence-electron chi connectivity index (χ1n) is 6.52. The maximum atomic E-state index is 10.3. The average Bonchev–Trinajstić information content (AvgIpc) is 2.39. The van der Waals surface area contributed by atoms with Gasteiger partial charge in [0.15, 0.2) is 0 Å². The summed E-state index contributed by atoms with van der Waals surface area (Å²) in [5, 5.41) is 10.3. The molecule has 0 spiro atoms. The van der Waals surface area contributed by atoms with Crippen molar-refractivity contribution in [1.82, 2.24) is 0 Å². The van der Waals surface area contributed by atoms with Crippen molar-refractivity contribution in [3.05, 3.63) is 48.6 Å². The molecule has 0 radical (unpaired) electrons. The second-order valence-electron chi connectivity index (χ2n) is 4.83. The Hall–Kier alpha value is -1.08. The summed E-state index contributed by atoms with van der Waals surface area (Å²) in [5.74, 6) is 0.272. The predicted molar refractivity (Wildman–Crippen MR) is 74.0 cm³/mol. The summed E-state index contributed by atoms with van der Waals surface area (Å²) in [6.45, 7) is 7.86. The molecule has 1 N–H and O–H groups in total. The van der Waals surface area contributed by atoms with E-state index in [4.69, 9.17) is 0 Å². The minimum atomic E-state index is -0.698. The van der Waals surface area contributed by atoms with E-state index in [0.717, 1.165) is 25.7 Å². The quantitative estimate of drug-likeness (QED) is 0.705. The predicted octanol–water partition coefficient (Wildman–Crippen LogP) is 3.97. The lowest BCUT2D eigenvalue weighted by molar-refractivity contribution is 0.0278. The van der Waals surface area contributed by atoms with Gasteiger partial charge in [-0.25, -0.2) is 0 Å². The molecule has 0 fully saturated rings. The van der Waals surface area contributed by atoms with E-state index in [1.165, 1.54) is 5.56 Å². The van der Waals surface area contributed by atoms with Crippen LogP contribution in [-0.4, -0.2) is 10.7 Å². The molecule has 0 bridgehead atoms. The normalized spacial score (nSPS) is 16.2. The summed E-state index contributed by atoms with van der Waals surface area (Å²) in [5.41, 5.74) is 0.676. The van der Waals surface area contributed by atoms with E-state index in [9.17, 15) is 5.11 Å². The van der Waals surface area contributed by atoms with Gasteiger partial charge in [-0.05, 0) is 37.2 Å². The smallest absolute Gasteiger partial charge is 0.0847 e. The van der Waals surface area contributed by atoms with Gasteiger partial charge >= 0.3 is 0 Å². The van der Waals surface area contributed by atoms with Crippen molar-refractivity contribution in [3.63, 3.8) is 0 Å². The van der Waals surface area contributed by atoms with Crippen LogP contribution in [0.5, 0.6) is 0 Å². The molecule has 17 heavy (non-hydrogen) atoms. The fourth-order valence-corrected chi connectivity index (χ4v) is 2.20. The molecule has 0 saturated heterocycles. The molecule has 2 atom stereocenters. The number of hydrogen-bond donors (Lipinski definition) is 1. The molecule has 2 unspecified atom stereocenters. The van der Waals surface area contributed by atoms with E-state index in [-0.39, 0.29) is 5.92 Å². The second kappa shape index (κ2) is 6.61. The van der Waals surface area contributed by atoms with Crippen molar-refractivity contribution >= 4 is 0 Å². The highest BCUT2D eigenvalue weighted by Crippen LogP contribution is 2.26. The van der Waals surface area contributed by atoms with Crippen LogP contribution in [0, 0.1) is 5.92 Å². The van der Waals surface area contributed by atoms with Gasteiger partial charge in [0, 0.05) is 0 Å². The number of aryl methyl sites for hydroxylation is 1. The van der Waals surface area contributed by atoms with Gasteiger partial charge in [-0.3, -0.25) is 0 Å². The van der Waals surface area contributed by atoms with E-state index in [1.807, 2.05) is 13.0 Å². The van der Waals surface area contributed by atoms with Crippen LogP contribution in [0.3, 0.4) is 0 Å². The van der Waals surface area contributed by atoms with Gasteiger partial charge in [-0.1, -0.05) is 50.3 Å². The van der Waals surface area contributed by atoms with Gasteiger partial charge in [-0.2, -0.15) is 0 Å². The zero-order chi connectivity index (χ0) is 12.7. The summed E-state index contributed by atoms with van der Waals surface area (Å²) in [7, 11) is 0. The maximum Gasteiger partial charge on any atom is 0.0847 e. The van der Waals surface area contributed by atoms with E-state index in [2.05, 4.69) is 37.8 Å². The van der Waals surface area contributed by atoms with Crippen molar-refractivity contribution < 1.29 is 5.11 Å². The Morgan fingerprint density at radius 2 is 2.00 bits per heavy atom. The van der Waals surface area contributed by atoms with Gasteiger partial charge in [0.25, 0.3) is 0 Å². The lowest BCUT2D eigenvalue weighted by Gasteiger charge is -2.30. The van der Waals surface area contributed by atoms with Crippen molar-refractivity contribution in [2.45, 2.75) is 45.1 Å². The first-order valence-corrected chi connectivity index (χ1v) is 6.52. The van der Waals surface area contributed by atoms with Crippen LogP contribution in [0.25, 0.3) is 0 Å². The number of benzene rings is 1. The van der Waals surface area contributed by atoms with Crippen LogP contribution in [-0.2, 0) is 6.42 Å². The number of hydrogen-bond acceptors (Lipinski definition) is 1. The third-order valence-electron chi connectivity index (χ3n) is 3.72. The van der Waals surface area contributed by atoms with Crippen LogP contribution < -0.4 is 0 Å².